The maximum absolute atomic E-state index is 14.7. The Morgan fingerprint density at radius 2 is 1.51 bits per heavy atom. The van der Waals surface area contributed by atoms with Crippen LogP contribution in [0.15, 0.2) is 70.9 Å². The molecular formula is C56H80BrN5O12. The van der Waals surface area contributed by atoms with Gasteiger partial charge in [-0.05, 0) is 73.3 Å². The van der Waals surface area contributed by atoms with E-state index in [-0.39, 0.29) is 79.2 Å². The number of aliphatic carboxylic acids is 1. The van der Waals surface area contributed by atoms with Gasteiger partial charge in [0.25, 0.3) is 11.8 Å². The Morgan fingerprint density at radius 3 is 2.09 bits per heavy atom. The zero-order valence-corrected chi connectivity index (χ0v) is 46.8. The second kappa shape index (κ2) is 29.0. The summed E-state index contributed by atoms with van der Waals surface area (Å²) in [4.78, 5) is 114. The number of benzene rings is 2. The van der Waals surface area contributed by atoms with Crippen molar-refractivity contribution < 1.29 is 57.7 Å². The van der Waals surface area contributed by atoms with Crippen molar-refractivity contribution >= 4 is 63.1 Å². The van der Waals surface area contributed by atoms with E-state index in [1.54, 1.807) is 79.3 Å². The topological polar surface area (TPSA) is 209 Å². The number of nitrogens with one attached hydrogen (secondary N) is 1. The van der Waals surface area contributed by atoms with Gasteiger partial charge < -0.3 is 39.3 Å². The Morgan fingerprint density at radius 1 is 0.851 bits per heavy atom. The Kier molecular flexibility index (Phi) is 23.9. The zero-order chi connectivity index (χ0) is 55.0. The monoisotopic (exact) mass is 1090 g/mol. The number of Topliss-reactive ketones (excluding diaryl/α,β-unsaturated/α-hetero) is 1. The van der Waals surface area contributed by atoms with Crippen LogP contribution in [-0.2, 0) is 54.3 Å². The van der Waals surface area contributed by atoms with Crippen molar-refractivity contribution in [3.63, 3.8) is 0 Å². The summed E-state index contributed by atoms with van der Waals surface area (Å²) in [5, 5.41) is 12.6. The average molecular weight is 1100 g/mol. The fourth-order valence-corrected chi connectivity index (χ4v) is 10.6. The molecule has 74 heavy (non-hydrogen) atoms. The van der Waals surface area contributed by atoms with E-state index in [9.17, 15) is 43.5 Å². The van der Waals surface area contributed by atoms with E-state index < -0.39 is 71.9 Å². The van der Waals surface area contributed by atoms with Gasteiger partial charge in [0, 0.05) is 71.1 Å². The number of amides is 6. The van der Waals surface area contributed by atoms with Crippen LogP contribution in [0.2, 0.25) is 0 Å². The van der Waals surface area contributed by atoms with Gasteiger partial charge in [0.1, 0.15) is 11.8 Å². The van der Waals surface area contributed by atoms with Crippen molar-refractivity contribution in [2.24, 2.45) is 29.6 Å². The Bertz CT molecular complexity index is 2270. The van der Waals surface area contributed by atoms with Gasteiger partial charge in [0.15, 0.2) is 11.5 Å². The van der Waals surface area contributed by atoms with E-state index in [1.807, 2.05) is 47.6 Å². The summed E-state index contributed by atoms with van der Waals surface area (Å²) >= 11 is 3.36. The van der Waals surface area contributed by atoms with Crippen LogP contribution >= 0.6 is 15.9 Å². The summed E-state index contributed by atoms with van der Waals surface area (Å²) in [5.41, 5.74) is 0.762. The minimum Gasteiger partial charge on any atom is -0.480 e. The maximum atomic E-state index is 14.7. The molecule has 408 valence electrons. The highest BCUT2D eigenvalue weighted by Crippen LogP contribution is 2.32. The van der Waals surface area contributed by atoms with Crippen LogP contribution in [0.3, 0.4) is 0 Å². The fourth-order valence-electron chi connectivity index (χ4n) is 10.4. The van der Waals surface area contributed by atoms with Gasteiger partial charge in [-0.3, -0.25) is 38.5 Å². The van der Waals surface area contributed by atoms with Crippen LogP contribution in [0.4, 0.5) is 0 Å². The molecule has 1 fully saturated rings. The van der Waals surface area contributed by atoms with E-state index in [0.717, 1.165) is 14.9 Å². The number of hydrogen-bond donors (Lipinski definition) is 2. The Hall–Kier alpha value is -5.46. The number of nitrogens with zero attached hydrogens (tertiary/aromatic N) is 4. The summed E-state index contributed by atoms with van der Waals surface area (Å²) in [6.45, 7) is 13.8. The van der Waals surface area contributed by atoms with E-state index in [1.165, 1.54) is 25.2 Å². The van der Waals surface area contributed by atoms with Gasteiger partial charge in [-0.2, -0.15) is 0 Å². The van der Waals surface area contributed by atoms with E-state index in [2.05, 4.69) is 21.2 Å². The predicted octanol–water partition coefficient (Wildman–Crippen LogP) is 7.09. The van der Waals surface area contributed by atoms with E-state index in [0.29, 0.717) is 50.8 Å². The standard InChI is InChI=1S/C56H80BrN5O12/c1-12-36(6)51(45(72-10)32-48(65)61-29-19-22-43(61)52(73-11)37(7)53(67)58-42(56(70)71)30-38-20-15-13-16-21-38)60(9)54(68)41(34(2)3)31-44(63)50(35(4)5)59(8)47(64)23-17-14-18-28-62-49(66)33-46(55(62)69)74-40-26-24-39(57)25-27-40/h13,15-16,20-21,24-27,33-37,41-43,45,50-52H,12,14,17-19,22-23,28-32H2,1-11H3,(H,58,67)(H,70,71)/t36-,37-,41+,42+,43+,45-,50+,51+,52-/m1/s1. The molecular weight excluding hydrogens is 1010 g/mol. The molecule has 0 aromatic heterocycles. The Labute approximate surface area is 446 Å². The lowest BCUT2D eigenvalue weighted by molar-refractivity contribution is -0.150. The highest BCUT2D eigenvalue weighted by Gasteiger charge is 2.44. The van der Waals surface area contributed by atoms with Crippen molar-refractivity contribution in [2.75, 3.05) is 41.4 Å². The highest BCUT2D eigenvalue weighted by atomic mass is 79.9. The number of hydrogen-bond acceptors (Lipinski definition) is 11. The van der Waals surface area contributed by atoms with Gasteiger partial charge in [0.2, 0.25) is 23.6 Å². The highest BCUT2D eigenvalue weighted by molar-refractivity contribution is 9.10. The van der Waals surface area contributed by atoms with Crippen LogP contribution in [0.1, 0.15) is 112 Å². The number of ether oxygens (including phenoxy) is 3. The lowest BCUT2D eigenvalue weighted by Gasteiger charge is -2.41. The first-order chi connectivity index (χ1) is 35.1. The number of carbonyl (C=O) groups is 8. The number of likely N-dealkylation sites (tertiary alicyclic amines) is 1. The van der Waals surface area contributed by atoms with Crippen LogP contribution in [0.5, 0.6) is 5.75 Å². The quantitative estimate of drug-likeness (QED) is 0.0594. The van der Waals surface area contributed by atoms with Gasteiger partial charge in [-0.1, -0.05) is 108 Å². The first-order valence-electron chi connectivity index (χ1n) is 26.0. The van der Waals surface area contributed by atoms with Gasteiger partial charge in [-0.15, -0.1) is 0 Å². The summed E-state index contributed by atoms with van der Waals surface area (Å²) in [6, 6.07) is 12.9. The van der Waals surface area contributed by atoms with Crippen molar-refractivity contribution in [3.05, 3.63) is 76.5 Å². The molecule has 1 saturated heterocycles. The third kappa shape index (κ3) is 16.3. The molecule has 9 atom stereocenters. The Balaban J connectivity index is 1.37. The zero-order valence-electron chi connectivity index (χ0n) is 45.2. The van der Waals surface area contributed by atoms with Crippen molar-refractivity contribution in [1.29, 1.82) is 0 Å². The molecule has 0 bridgehead atoms. The molecule has 0 radical (unpaired) electrons. The molecule has 0 spiro atoms. The van der Waals surface area contributed by atoms with E-state index in [4.69, 9.17) is 14.2 Å². The molecule has 0 aliphatic carbocycles. The average Bonchev–Trinajstić information content (AvgIpc) is 3.95. The first-order valence-corrected chi connectivity index (χ1v) is 26.8. The number of likely N-dealkylation sites (N-methyl/N-ethyl adjacent to an activating group) is 2. The minimum absolute atomic E-state index is 0.0517. The molecule has 17 nitrogen and oxygen atoms in total. The normalized spacial score (nSPS) is 18.0. The molecule has 2 aliphatic rings. The number of carbonyl (C=O) groups excluding carboxylic acids is 7. The number of halogens is 1. The minimum atomic E-state index is -1.16. The number of carboxylic acids is 1. The molecule has 4 rings (SSSR count). The number of imide groups is 1. The second-order valence-electron chi connectivity index (χ2n) is 20.6. The lowest BCUT2D eigenvalue weighted by Crippen LogP contribution is -2.55. The number of rotatable bonds is 30. The summed E-state index contributed by atoms with van der Waals surface area (Å²) in [5.74, 6) is -5.41. The maximum Gasteiger partial charge on any atom is 0.326 e. The SMILES string of the molecule is CC[C@@H](C)[C@@H]([C@@H](CC(=O)N1CCC[C@H]1[C@H](OC)[C@@H](C)C(=O)N[C@@H](Cc1ccccc1)C(=O)O)OC)N(C)C(=O)[C@@H](CC(=O)[C@H](C(C)C)N(C)C(=O)CCCCCN1C(=O)C=C(Oc2ccc(Br)cc2)C1=O)C(C)C. The summed E-state index contributed by atoms with van der Waals surface area (Å²) in [6.07, 6.45) is 3.17. The number of unbranched alkanes of at least 4 members (excludes halogenated alkanes) is 2. The molecule has 2 aliphatic heterocycles. The summed E-state index contributed by atoms with van der Waals surface area (Å²) < 4.78 is 18.5. The van der Waals surface area contributed by atoms with Crippen LogP contribution in [0, 0.1) is 29.6 Å². The molecule has 18 heteroatoms. The molecule has 2 heterocycles. The van der Waals surface area contributed by atoms with Crippen LogP contribution in [-0.4, -0.2) is 150 Å². The molecule has 2 N–H and O–H groups in total. The lowest BCUT2D eigenvalue weighted by atomic mass is 9.83. The molecule has 0 unspecified atom stereocenters. The first kappa shape index (κ1) is 61.1. The van der Waals surface area contributed by atoms with Crippen molar-refractivity contribution in [1.82, 2.24) is 24.9 Å². The molecule has 0 saturated carbocycles. The van der Waals surface area contributed by atoms with Gasteiger partial charge in [0.05, 0.1) is 48.7 Å². The van der Waals surface area contributed by atoms with Gasteiger partial charge in [-0.25, -0.2) is 4.79 Å². The number of ketones is 1. The molecule has 6 amide bonds. The molecule has 2 aromatic rings. The number of methoxy groups -OCH3 is 2. The van der Waals surface area contributed by atoms with Crippen molar-refractivity contribution in [2.45, 2.75) is 149 Å². The predicted molar refractivity (Wildman–Crippen MR) is 283 cm³/mol. The second-order valence-corrected chi connectivity index (χ2v) is 21.5. The number of carboxylic acid groups (broad SMARTS) is 1. The van der Waals surface area contributed by atoms with Crippen LogP contribution in [0.25, 0.3) is 0 Å². The smallest absolute Gasteiger partial charge is 0.326 e. The largest absolute Gasteiger partial charge is 0.480 e. The van der Waals surface area contributed by atoms with E-state index >= 15 is 0 Å². The van der Waals surface area contributed by atoms with Crippen LogP contribution < -0.4 is 10.1 Å². The third-order valence-electron chi connectivity index (χ3n) is 14.8. The van der Waals surface area contributed by atoms with Gasteiger partial charge >= 0.3 is 5.97 Å². The van der Waals surface area contributed by atoms with Crippen molar-refractivity contribution in [3.8, 4) is 5.75 Å². The third-order valence-corrected chi connectivity index (χ3v) is 15.3. The fraction of sp³-hybridized carbons (Fsp3) is 0.607. The summed E-state index contributed by atoms with van der Waals surface area (Å²) in [7, 11) is 6.29. The molecule has 2 aromatic carbocycles.